The lowest BCUT2D eigenvalue weighted by molar-refractivity contribution is 0.0925. The van der Waals surface area contributed by atoms with Gasteiger partial charge in [0.05, 0.1) is 0 Å². The average molecular weight is 304 g/mol. The monoisotopic (exact) mass is 304 g/mol. The van der Waals surface area contributed by atoms with Crippen molar-refractivity contribution in [3.8, 4) is 0 Å². The number of carbonyl (C=O) groups is 1. The Morgan fingerprint density at radius 1 is 0.955 bits per heavy atom. The highest BCUT2D eigenvalue weighted by Gasteiger charge is 2.10. The average Bonchev–Trinajstić information content (AvgIpc) is 2.93. The number of hydrazone groups is 1. The van der Waals surface area contributed by atoms with Gasteiger partial charge in [-0.05, 0) is 44.7 Å². The van der Waals surface area contributed by atoms with E-state index in [1.54, 1.807) is 12.1 Å². The highest BCUT2D eigenvalue weighted by atomic mass is 16.3. The summed E-state index contributed by atoms with van der Waals surface area (Å²) in [5.74, 6) is 0.811. The van der Waals surface area contributed by atoms with Gasteiger partial charge in [-0.3, -0.25) is 4.79 Å². The van der Waals surface area contributed by atoms with Gasteiger partial charge in [0.25, 0.3) is 0 Å². The Morgan fingerprint density at radius 3 is 2.00 bits per heavy atom. The lowest BCUT2D eigenvalue weighted by Gasteiger charge is -2.09. The van der Waals surface area contributed by atoms with Crippen LogP contribution in [-0.2, 0) is 0 Å². The molecule has 0 bridgehead atoms. The molecule has 4 nitrogen and oxygen atoms in total. The normalized spacial score (nSPS) is 18.1. The maximum absolute atomic E-state index is 12.0. The van der Waals surface area contributed by atoms with Crippen LogP contribution in [0.25, 0.3) is 0 Å². The van der Waals surface area contributed by atoms with Crippen molar-refractivity contribution in [3.63, 3.8) is 0 Å². The third-order valence-electron chi connectivity index (χ3n) is 4.21. The van der Waals surface area contributed by atoms with Crippen LogP contribution in [0.1, 0.15) is 86.9 Å². The van der Waals surface area contributed by atoms with E-state index in [0.29, 0.717) is 5.76 Å². The van der Waals surface area contributed by atoms with Gasteiger partial charge in [0.2, 0.25) is 0 Å². The summed E-state index contributed by atoms with van der Waals surface area (Å²) in [6, 6.07) is 3.48. The Labute approximate surface area is 133 Å². The highest BCUT2D eigenvalue weighted by molar-refractivity contribution is 5.93. The summed E-state index contributed by atoms with van der Waals surface area (Å²) in [5.41, 5.74) is 3.77. The number of hydrogen-bond donors (Lipinski definition) is 1. The van der Waals surface area contributed by atoms with Gasteiger partial charge in [0.1, 0.15) is 5.76 Å². The molecule has 4 heteroatoms. The van der Waals surface area contributed by atoms with Gasteiger partial charge in [0, 0.05) is 5.71 Å². The van der Waals surface area contributed by atoms with Crippen molar-refractivity contribution < 1.29 is 9.21 Å². The zero-order valence-electron chi connectivity index (χ0n) is 13.7. The second kappa shape index (κ2) is 9.44. The molecule has 1 aliphatic carbocycles. The number of nitrogens with one attached hydrogen (secondary N) is 1. The molecule has 2 rings (SSSR count). The van der Waals surface area contributed by atoms with E-state index in [2.05, 4.69) is 10.5 Å². The minimum absolute atomic E-state index is 0.258. The Morgan fingerprint density at radius 2 is 1.50 bits per heavy atom. The predicted molar refractivity (Wildman–Crippen MR) is 89.1 cm³/mol. The summed E-state index contributed by atoms with van der Waals surface area (Å²) in [6.07, 6.45) is 13.6. The first-order valence-electron chi connectivity index (χ1n) is 8.68. The Bertz CT molecular complexity index is 477. The fraction of sp³-hybridized carbons (Fsp3) is 0.667. The first kappa shape index (κ1) is 16.8. The molecular formula is C18H28N2O2. The number of amides is 1. The predicted octanol–water partition coefficient (Wildman–Crippen LogP) is 4.98. The van der Waals surface area contributed by atoms with E-state index in [1.165, 1.54) is 57.8 Å². The van der Waals surface area contributed by atoms with E-state index in [9.17, 15) is 4.79 Å². The molecule has 22 heavy (non-hydrogen) atoms. The number of nitrogens with zero attached hydrogens (tertiary/aromatic N) is 1. The second-order valence-corrected chi connectivity index (χ2v) is 6.21. The molecular weight excluding hydrogens is 276 g/mol. The van der Waals surface area contributed by atoms with Gasteiger partial charge in [0.15, 0.2) is 5.76 Å². The molecule has 1 aromatic rings. The Hall–Kier alpha value is -1.58. The molecule has 0 aliphatic heterocycles. The number of rotatable bonds is 2. The van der Waals surface area contributed by atoms with Crippen LogP contribution >= 0.6 is 0 Å². The highest BCUT2D eigenvalue weighted by Crippen LogP contribution is 2.15. The van der Waals surface area contributed by atoms with Crippen molar-refractivity contribution in [2.45, 2.75) is 77.6 Å². The van der Waals surface area contributed by atoms with Crippen LogP contribution in [0.2, 0.25) is 0 Å². The molecule has 122 valence electrons. The van der Waals surface area contributed by atoms with E-state index >= 15 is 0 Å². The van der Waals surface area contributed by atoms with Crippen LogP contribution in [0, 0.1) is 6.92 Å². The zero-order chi connectivity index (χ0) is 15.6. The van der Waals surface area contributed by atoms with E-state index in [-0.39, 0.29) is 5.91 Å². The van der Waals surface area contributed by atoms with Crippen molar-refractivity contribution >= 4 is 11.6 Å². The van der Waals surface area contributed by atoms with Crippen LogP contribution < -0.4 is 5.43 Å². The van der Waals surface area contributed by atoms with Gasteiger partial charge >= 0.3 is 5.91 Å². The van der Waals surface area contributed by atoms with Crippen LogP contribution in [0.4, 0.5) is 0 Å². The Balaban J connectivity index is 1.86. The summed E-state index contributed by atoms with van der Waals surface area (Å²) < 4.78 is 5.32. The molecule has 1 N–H and O–H groups in total. The van der Waals surface area contributed by atoms with E-state index in [1.807, 2.05) is 6.92 Å². The quantitative estimate of drug-likeness (QED) is 0.783. The van der Waals surface area contributed by atoms with Crippen molar-refractivity contribution in [3.05, 3.63) is 23.7 Å². The molecule has 0 radical (unpaired) electrons. The molecule has 1 aliphatic rings. The molecule has 0 spiro atoms. The molecule has 1 fully saturated rings. The first-order chi connectivity index (χ1) is 10.8. The minimum atomic E-state index is -0.258. The van der Waals surface area contributed by atoms with Gasteiger partial charge in [-0.1, -0.05) is 44.9 Å². The lowest BCUT2D eigenvalue weighted by Crippen LogP contribution is -2.19. The molecule has 0 atom stereocenters. The summed E-state index contributed by atoms with van der Waals surface area (Å²) in [6.45, 7) is 1.83. The van der Waals surface area contributed by atoms with Crippen molar-refractivity contribution in [1.82, 2.24) is 5.43 Å². The van der Waals surface area contributed by atoms with Crippen LogP contribution in [-0.4, -0.2) is 11.6 Å². The van der Waals surface area contributed by atoms with Crippen LogP contribution in [0.3, 0.4) is 0 Å². The minimum Gasteiger partial charge on any atom is -0.456 e. The van der Waals surface area contributed by atoms with Gasteiger partial charge in [-0.15, -0.1) is 0 Å². The first-order valence-corrected chi connectivity index (χ1v) is 8.68. The summed E-state index contributed by atoms with van der Waals surface area (Å²) >= 11 is 0. The fourth-order valence-corrected chi connectivity index (χ4v) is 2.87. The maximum Gasteiger partial charge on any atom is 0.307 e. The fourth-order valence-electron chi connectivity index (χ4n) is 2.87. The number of carbonyl (C=O) groups excluding carboxylic acids is 1. The third kappa shape index (κ3) is 6.04. The molecule has 0 unspecified atom stereocenters. The second-order valence-electron chi connectivity index (χ2n) is 6.21. The molecule has 0 saturated heterocycles. The third-order valence-corrected chi connectivity index (χ3v) is 4.21. The van der Waals surface area contributed by atoms with E-state index in [0.717, 1.165) is 24.3 Å². The van der Waals surface area contributed by atoms with Crippen LogP contribution in [0.5, 0.6) is 0 Å². The SMILES string of the molecule is Cc1ccc(C(=O)NN=C2CCCCCCCCCCC2)o1. The topological polar surface area (TPSA) is 54.6 Å². The van der Waals surface area contributed by atoms with E-state index < -0.39 is 0 Å². The van der Waals surface area contributed by atoms with Crippen molar-refractivity contribution in [2.24, 2.45) is 5.10 Å². The standard InChI is InChI=1S/C18H28N2O2/c1-15-13-14-17(22-15)18(21)20-19-16-11-9-7-5-3-2-4-6-8-10-12-16/h13-14H,2-12H2,1H3,(H,20,21). The summed E-state index contributed by atoms with van der Waals surface area (Å²) in [4.78, 5) is 12.0. The smallest absolute Gasteiger partial charge is 0.307 e. The zero-order valence-corrected chi connectivity index (χ0v) is 13.7. The Kier molecular flexibility index (Phi) is 7.20. The lowest BCUT2D eigenvalue weighted by atomic mass is 10.00. The molecule has 1 heterocycles. The van der Waals surface area contributed by atoms with Gasteiger partial charge in [-0.25, -0.2) is 5.43 Å². The summed E-state index contributed by atoms with van der Waals surface area (Å²) in [7, 11) is 0. The number of aryl methyl sites for hydroxylation is 1. The number of hydrogen-bond acceptors (Lipinski definition) is 3. The number of furan rings is 1. The maximum atomic E-state index is 12.0. The largest absolute Gasteiger partial charge is 0.456 e. The van der Waals surface area contributed by atoms with Gasteiger partial charge < -0.3 is 4.42 Å². The van der Waals surface area contributed by atoms with E-state index in [4.69, 9.17) is 4.42 Å². The van der Waals surface area contributed by atoms with Gasteiger partial charge in [-0.2, -0.15) is 5.10 Å². The van der Waals surface area contributed by atoms with Crippen molar-refractivity contribution in [1.29, 1.82) is 0 Å². The summed E-state index contributed by atoms with van der Waals surface area (Å²) in [5, 5.41) is 4.35. The molecule has 1 saturated carbocycles. The van der Waals surface area contributed by atoms with Crippen molar-refractivity contribution in [2.75, 3.05) is 0 Å². The van der Waals surface area contributed by atoms with Crippen LogP contribution in [0.15, 0.2) is 21.7 Å². The molecule has 1 amide bonds. The molecule has 1 aromatic heterocycles. The molecule has 0 aromatic carbocycles.